The fourth-order valence-corrected chi connectivity index (χ4v) is 4.72. The number of rotatable bonds is 3. The quantitative estimate of drug-likeness (QED) is 0.723. The Bertz CT molecular complexity index is 1070. The lowest BCUT2D eigenvalue weighted by atomic mass is 10.1. The van der Waals surface area contributed by atoms with Crippen molar-refractivity contribution in [3.63, 3.8) is 0 Å². The highest BCUT2D eigenvalue weighted by molar-refractivity contribution is 5.78. The standard InChI is InChI=1S/C23H31N7/c1-23(2,3)27-17-9-11-30(15-17)22-8-6-18-19(26-22)5-7-21(25-18)29-12-10-20-16(14-29)13-24-28(20)4/h5-8,13,17,27H,9-12,14-15H2,1-4H3/t17-/m0/s1. The van der Waals surface area contributed by atoms with Crippen LogP contribution in [0.4, 0.5) is 11.6 Å². The number of pyridine rings is 2. The van der Waals surface area contributed by atoms with E-state index in [2.05, 4.69) is 65.3 Å². The van der Waals surface area contributed by atoms with Gasteiger partial charge in [-0.2, -0.15) is 5.10 Å². The molecular weight excluding hydrogens is 374 g/mol. The largest absolute Gasteiger partial charge is 0.355 e. The van der Waals surface area contributed by atoms with Crippen LogP contribution in [0.1, 0.15) is 38.4 Å². The lowest BCUT2D eigenvalue weighted by Crippen LogP contribution is -2.44. The number of hydrogen-bond acceptors (Lipinski definition) is 6. The molecule has 5 heterocycles. The van der Waals surface area contributed by atoms with Crippen molar-refractivity contribution >= 4 is 22.7 Å². The molecule has 0 amide bonds. The molecule has 2 aliphatic rings. The van der Waals surface area contributed by atoms with Crippen LogP contribution in [0.25, 0.3) is 11.0 Å². The van der Waals surface area contributed by atoms with Crippen molar-refractivity contribution in [2.75, 3.05) is 29.4 Å². The number of nitrogens with one attached hydrogen (secondary N) is 1. The Kier molecular flexibility index (Phi) is 4.65. The van der Waals surface area contributed by atoms with Crippen molar-refractivity contribution in [2.24, 2.45) is 7.05 Å². The molecule has 30 heavy (non-hydrogen) atoms. The zero-order valence-electron chi connectivity index (χ0n) is 18.4. The molecule has 158 valence electrons. The summed E-state index contributed by atoms with van der Waals surface area (Å²) in [5.74, 6) is 2.07. The third-order valence-electron chi connectivity index (χ3n) is 6.11. The van der Waals surface area contributed by atoms with Crippen LogP contribution in [0.2, 0.25) is 0 Å². The van der Waals surface area contributed by atoms with E-state index < -0.39 is 0 Å². The Morgan fingerprint density at radius 2 is 1.67 bits per heavy atom. The summed E-state index contributed by atoms with van der Waals surface area (Å²) in [4.78, 5) is 14.5. The highest BCUT2D eigenvalue weighted by Crippen LogP contribution is 2.26. The number of anilines is 2. The van der Waals surface area contributed by atoms with Gasteiger partial charge in [0.1, 0.15) is 11.6 Å². The van der Waals surface area contributed by atoms with Crippen molar-refractivity contribution in [1.82, 2.24) is 25.1 Å². The molecule has 1 fully saturated rings. The van der Waals surface area contributed by atoms with Gasteiger partial charge < -0.3 is 15.1 Å². The number of aryl methyl sites for hydroxylation is 1. The van der Waals surface area contributed by atoms with Crippen molar-refractivity contribution in [3.05, 3.63) is 41.7 Å². The lowest BCUT2D eigenvalue weighted by Gasteiger charge is -2.28. The van der Waals surface area contributed by atoms with Gasteiger partial charge in [0.15, 0.2) is 0 Å². The van der Waals surface area contributed by atoms with Crippen LogP contribution >= 0.6 is 0 Å². The maximum atomic E-state index is 4.92. The Morgan fingerprint density at radius 3 is 2.37 bits per heavy atom. The monoisotopic (exact) mass is 405 g/mol. The molecule has 0 aromatic carbocycles. The summed E-state index contributed by atoms with van der Waals surface area (Å²) in [6, 6.07) is 8.97. The second kappa shape index (κ2) is 7.23. The van der Waals surface area contributed by atoms with Crippen molar-refractivity contribution < 1.29 is 0 Å². The molecule has 7 nitrogen and oxygen atoms in total. The second-order valence-corrected chi connectivity index (χ2v) is 9.61. The minimum absolute atomic E-state index is 0.142. The Hall–Kier alpha value is -2.67. The Labute approximate surface area is 178 Å². The maximum absolute atomic E-state index is 4.92. The summed E-state index contributed by atoms with van der Waals surface area (Å²) in [5.41, 5.74) is 4.69. The third-order valence-corrected chi connectivity index (χ3v) is 6.11. The fraction of sp³-hybridized carbons (Fsp3) is 0.522. The van der Waals surface area contributed by atoms with Crippen molar-refractivity contribution in [2.45, 2.75) is 51.7 Å². The normalized spacial score (nSPS) is 19.5. The number of fused-ring (bicyclic) bond motifs is 2. The molecule has 7 heteroatoms. The number of hydrogen-bond donors (Lipinski definition) is 1. The van der Waals surface area contributed by atoms with Crippen LogP contribution in [-0.4, -0.2) is 51.0 Å². The van der Waals surface area contributed by atoms with Gasteiger partial charge in [0.05, 0.1) is 17.2 Å². The molecule has 0 bridgehead atoms. The van der Waals surface area contributed by atoms with E-state index in [1.54, 1.807) is 0 Å². The molecule has 2 aliphatic heterocycles. The molecule has 5 rings (SSSR count). The molecule has 3 aromatic heterocycles. The molecule has 1 atom stereocenters. The van der Waals surface area contributed by atoms with E-state index in [0.717, 1.165) is 61.7 Å². The van der Waals surface area contributed by atoms with Gasteiger partial charge in [-0.3, -0.25) is 4.68 Å². The van der Waals surface area contributed by atoms with Crippen LogP contribution in [0.3, 0.4) is 0 Å². The van der Waals surface area contributed by atoms with Crippen molar-refractivity contribution in [3.8, 4) is 0 Å². The minimum atomic E-state index is 0.142. The first-order valence-electron chi connectivity index (χ1n) is 10.9. The zero-order valence-corrected chi connectivity index (χ0v) is 18.4. The molecule has 0 unspecified atom stereocenters. The zero-order chi connectivity index (χ0) is 20.9. The first-order chi connectivity index (χ1) is 14.4. The van der Waals surface area contributed by atoms with Crippen molar-refractivity contribution in [1.29, 1.82) is 0 Å². The predicted molar refractivity (Wildman–Crippen MR) is 121 cm³/mol. The molecule has 0 radical (unpaired) electrons. The van der Waals surface area contributed by atoms with E-state index in [-0.39, 0.29) is 5.54 Å². The third kappa shape index (κ3) is 3.74. The summed E-state index contributed by atoms with van der Waals surface area (Å²) < 4.78 is 1.99. The first kappa shape index (κ1) is 19.3. The molecule has 1 saturated heterocycles. The van der Waals surface area contributed by atoms with E-state index in [1.807, 2.05) is 17.9 Å². The van der Waals surface area contributed by atoms with Gasteiger partial charge in [-0.15, -0.1) is 0 Å². The average molecular weight is 406 g/mol. The smallest absolute Gasteiger partial charge is 0.129 e. The summed E-state index contributed by atoms with van der Waals surface area (Å²) in [7, 11) is 2.02. The Morgan fingerprint density at radius 1 is 0.967 bits per heavy atom. The van der Waals surface area contributed by atoms with E-state index in [1.165, 1.54) is 11.3 Å². The van der Waals surface area contributed by atoms with Gasteiger partial charge >= 0.3 is 0 Å². The molecule has 0 aliphatic carbocycles. The minimum Gasteiger partial charge on any atom is -0.355 e. The van der Waals surface area contributed by atoms with Crippen LogP contribution in [-0.2, 0) is 20.0 Å². The molecule has 0 saturated carbocycles. The van der Waals surface area contributed by atoms with Gasteiger partial charge in [0.2, 0.25) is 0 Å². The summed E-state index contributed by atoms with van der Waals surface area (Å²) in [6.07, 6.45) is 4.13. The first-order valence-corrected chi connectivity index (χ1v) is 10.9. The predicted octanol–water partition coefficient (Wildman–Crippen LogP) is 2.89. The summed E-state index contributed by atoms with van der Waals surface area (Å²) >= 11 is 0. The van der Waals surface area contributed by atoms with E-state index in [4.69, 9.17) is 9.97 Å². The SMILES string of the molecule is Cn1ncc2c1CCN(c1ccc3nc(N4CC[C@H](NC(C)(C)C)C4)ccc3n1)C2. The topological polar surface area (TPSA) is 62.1 Å². The van der Waals surface area contributed by atoms with Crippen LogP contribution in [0.15, 0.2) is 30.5 Å². The summed E-state index contributed by atoms with van der Waals surface area (Å²) in [6.45, 7) is 10.6. The van der Waals surface area contributed by atoms with Gasteiger partial charge in [-0.1, -0.05) is 0 Å². The fourth-order valence-electron chi connectivity index (χ4n) is 4.72. The van der Waals surface area contributed by atoms with Crippen LogP contribution < -0.4 is 15.1 Å². The maximum Gasteiger partial charge on any atom is 0.129 e. The molecule has 3 aromatic rings. The molecule has 0 spiro atoms. The van der Waals surface area contributed by atoms with Crippen LogP contribution in [0.5, 0.6) is 0 Å². The highest BCUT2D eigenvalue weighted by atomic mass is 15.3. The second-order valence-electron chi connectivity index (χ2n) is 9.61. The Balaban J connectivity index is 1.33. The lowest BCUT2D eigenvalue weighted by molar-refractivity contribution is 0.373. The highest BCUT2D eigenvalue weighted by Gasteiger charge is 2.27. The molecular formula is C23H31N7. The van der Waals surface area contributed by atoms with Gasteiger partial charge in [0.25, 0.3) is 0 Å². The van der Waals surface area contributed by atoms with Gasteiger partial charge in [-0.05, 0) is 51.5 Å². The molecule has 1 N–H and O–H groups in total. The van der Waals surface area contributed by atoms with E-state index in [0.29, 0.717) is 6.04 Å². The average Bonchev–Trinajstić information content (AvgIpc) is 3.32. The number of aromatic nitrogens is 4. The van der Waals surface area contributed by atoms with Gasteiger partial charge in [0, 0.05) is 62.5 Å². The van der Waals surface area contributed by atoms with Gasteiger partial charge in [-0.25, -0.2) is 9.97 Å². The van der Waals surface area contributed by atoms with E-state index >= 15 is 0 Å². The summed E-state index contributed by atoms with van der Waals surface area (Å²) in [5, 5.41) is 8.11. The van der Waals surface area contributed by atoms with Crippen LogP contribution in [0, 0.1) is 0 Å². The van der Waals surface area contributed by atoms with E-state index in [9.17, 15) is 0 Å². The number of nitrogens with zero attached hydrogens (tertiary/aromatic N) is 6.